The first kappa shape index (κ1) is 49.9. The predicted molar refractivity (Wildman–Crippen MR) is 233 cm³/mol. The smallest absolute Gasteiger partial charge is 0.338 e. The molecule has 19 unspecified atom stereocenters. The summed E-state index contributed by atoms with van der Waals surface area (Å²) in [5, 5.41) is 60.7. The number of carbonyl (C=O) groups excluding carboxylic acids is 2. The van der Waals surface area contributed by atoms with Crippen LogP contribution in [0.15, 0.2) is 42.0 Å². The Morgan fingerprint density at radius 2 is 1.26 bits per heavy atom. The van der Waals surface area contributed by atoms with Crippen molar-refractivity contribution < 1.29 is 82.5 Å². The van der Waals surface area contributed by atoms with Crippen LogP contribution >= 0.6 is 0 Å². The molecule has 8 rings (SSSR count). The molecule has 4 aliphatic carbocycles. The summed E-state index contributed by atoms with van der Waals surface area (Å²) in [6.07, 6.45) is -5.78. The highest BCUT2D eigenvalue weighted by molar-refractivity contribution is 5.90. The van der Waals surface area contributed by atoms with Crippen LogP contribution in [0.2, 0.25) is 0 Å². The SMILES string of the molecule is COC1CC(OC2C(C)OC(OC3C(C)OC(OC4CC[C@@]5(C)C(=CCC6(O)C5C(OC(=O)c5ccccc5)C(O)[C@]5(C)C(O)(C(C)=O)CCC65O)C4)CC3OC)CC2OC)OC(C)C1O. The minimum Gasteiger partial charge on any atom is -0.456 e. The number of rotatable bonds is 12. The molecule has 0 amide bonds. The van der Waals surface area contributed by atoms with Crippen molar-refractivity contribution in [2.45, 2.75) is 208 Å². The third-order valence-electron chi connectivity index (χ3n) is 17.1. The van der Waals surface area contributed by atoms with Crippen molar-refractivity contribution in [3.05, 3.63) is 47.5 Å². The van der Waals surface area contributed by atoms with E-state index in [9.17, 15) is 35.1 Å². The molecule has 66 heavy (non-hydrogen) atoms. The topological polar surface area (TPSA) is 228 Å². The first-order chi connectivity index (χ1) is 31.2. The summed E-state index contributed by atoms with van der Waals surface area (Å²) in [5.41, 5.74) is -8.07. The summed E-state index contributed by atoms with van der Waals surface area (Å²) in [6.45, 7) is 10.2. The fraction of sp³-hybridized carbons (Fsp3) is 0.796. The minimum absolute atomic E-state index is 0.0755. The van der Waals surface area contributed by atoms with Gasteiger partial charge in [-0.3, -0.25) is 4.79 Å². The Kier molecular flexibility index (Phi) is 14.2. The highest BCUT2D eigenvalue weighted by atomic mass is 16.7. The van der Waals surface area contributed by atoms with Crippen molar-refractivity contribution >= 4 is 11.8 Å². The number of aliphatic hydroxyl groups excluding tert-OH is 2. The van der Waals surface area contributed by atoms with Gasteiger partial charge >= 0.3 is 5.97 Å². The van der Waals surface area contributed by atoms with E-state index in [0.29, 0.717) is 38.5 Å². The molecule has 1 aromatic rings. The molecule has 21 atom stereocenters. The fourth-order valence-corrected chi connectivity index (χ4v) is 13.2. The van der Waals surface area contributed by atoms with Gasteiger partial charge in [0.25, 0.3) is 0 Å². The van der Waals surface area contributed by atoms with Gasteiger partial charge in [-0.1, -0.05) is 43.7 Å². The molecule has 17 nitrogen and oxygen atoms in total. The van der Waals surface area contributed by atoms with Crippen LogP contribution in [0, 0.1) is 16.7 Å². The molecule has 17 heteroatoms. The van der Waals surface area contributed by atoms with Gasteiger partial charge in [0.15, 0.2) is 24.7 Å². The number of methoxy groups -OCH3 is 3. The number of carbonyl (C=O) groups is 2. The van der Waals surface area contributed by atoms with Gasteiger partial charge < -0.3 is 72.9 Å². The maximum absolute atomic E-state index is 13.8. The van der Waals surface area contributed by atoms with E-state index in [1.807, 2.05) is 26.8 Å². The van der Waals surface area contributed by atoms with E-state index in [1.54, 1.807) is 58.6 Å². The van der Waals surface area contributed by atoms with E-state index >= 15 is 0 Å². The average molecular weight is 933 g/mol. The van der Waals surface area contributed by atoms with Crippen LogP contribution in [0.25, 0.3) is 0 Å². The molecule has 5 N–H and O–H groups in total. The quantitative estimate of drug-likeness (QED) is 0.150. The Balaban J connectivity index is 0.950. The van der Waals surface area contributed by atoms with Crippen molar-refractivity contribution in [1.82, 2.24) is 0 Å². The van der Waals surface area contributed by atoms with E-state index in [2.05, 4.69) is 0 Å². The van der Waals surface area contributed by atoms with Crippen molar-refractivity contribution in [3.8, 4) is 0 Å². The number of esters is 1. The number of benzene rings is 1. The molecule has 0 radical (unpaired) electrons. The fourth-order valence-electron chi connectivity index (χ4n) is 13.2. The number of ether oxygens (including phenoxy) is 10. The van der Waals surface area contributed by atoms with Crippen LogP contribution in [0.1, 0.15) is 110 Å². The zero-order valence-electron chi connectivity index (χ0n) is 39.7. The van der Waals surface area contributed by atoms with Gasteiger partial charge in [-0.05, 0) is 83.8 Å². The van der Waals surface area contributed by atoms with E-state index in [1.165, 1.54) is 13.8 Å². The third kappa shape index (κ3) is 8.04. The standard InChI is InChI=1S/C49H72O17/c1-25-38(51)32(57-7)22-36(60-25)64-40-27(3)62-37(24-34(40)59-9)65-39-26(2)61-35(23-33(39)58-8)63-31-16-17-45(5)30(21-31)15-18-48(55)42(45)41(66-44(53)29-13-11-10-12-14-29)43(52)46(6)47(54,28(4)50)19-20-49(46,48)56/h10-15,25-27,31-43,51-52,54-56H,16-24H2,1-9H3/t25?,26?,27?,31?,32?,33?,34?,35?,36?,37?,38?,39?,40?,41?,42?,43?,45-,46+,47?,48?,49?/m0/s1. The Bertz CT molecular complexity index is 1940. The highest BCUT2D eigenvalue weighted by Crippen LogP contribution is 2.71. The van der Waals surface area contributed by atoms with E-state index in [4.69, 9.17) is 47.4 Å². The van der Waals surface area contributed by atoms with Crippen molar-refractivity contribution in [1.29, 1.82) is 0 Å². The van der Waals surface area contributed by atoms with Gasteiger partial charge in [0.1, 0.15) is 47.3 Å². The van der Waals surface area contributed by atoms with Gasteiger partial charge in [-0.25, -0.2) is 4.79 Å². The molecule has 3 saturated heterocycles. The second kappa shape index (κ2) is 18.7. The molecular weight excluding hydrogens is 861 g/mol. The first-order valence-corrected chi connectivity index (χ1v) is 23.7. The molecule has 7 aliphatic rings. The molecule has 3 aliphatic heterocycles. The number of hydrogen-bond donors (Lipinski definition) is 5. The molecule has 6 fully saturated rings. The maximum atomic E-state index is 13.8. The monoisotopic (exact) mass is 932 g/mol. The Hall–Kier alpha value is -2.46. The maximum Gasteiger partial charge on any atom is 0.338 e. The summed E-state index contributed by atoms with van der Waals surface area (Å²) in [7, 11) is 4.80. The lowest BCUT2D eigenvalue weighted by Gasteiger charge is -2.68. The zero-order chi connectivity index (χ0) is 47.7. The van der Waals surface area contributed by atoms with Crippen LogP contribution in [0.5, 0.6) is 0 Å². The van der Waals surface area contributed by atoms with Crippen LogP contribution in [-0.4, -0.2) is 168 Å². The Morgan fingerprint density at radius 3 is 1.82 bits per heavy atom. The molecule has 3 heterocycles. The van der Waals surface area contributed by atoms with Gasteiger partial charge in [-0.2, -0.15) is 0 Å². The molecule has 0 spiro atoms. The second-order valence-corrected chi connectivity index (χ2v) is 20.4. The van der Waals surface area contributed by atoms with E-state index in [0.717, 1.165) is 5.57 Å². The lowest BCUT2D eigenvalue weighted by atomic mass is 9.41. The number of hydrogen-bond acceptors (Lipinski definition) is 17. The highest BCUT2D eigenvalue weighted by Gasteiger charge is 2.83. The van der Waals surface area contributed by atoms with Gasteiger partial charge in [0.05, 0.1) is 53.7 Å². The number of aliphatic hydroxyl groups is 5. The molecule has 370 valence electrons. The Labute approximate surface area is 387 Å². The zero-order valence-corrected chi connectivity index (χ0v) is 39.7. The molecule has 0 bridgehead atoms. The number of fused-ring (bicyclic) bond motifs is 5. The van der Waals surface area contributed by atoms with E-state index in [-0.39, 0.29) is 37.0 Å². The minimum atomic E-state index is -2.20. The molecule has 0 aromatic heterocycles. The molecule has 3 saturated carbocycles. The largest absolute Gasteiger partial charge is 0.456 e. The predicted octanol–water partition coefficient (Wildman–Crippen LogP) is 3.27. The van der Waals surface area contributed by atoms with Crippen molar-refractivity contribution in [3.63, 3.8) is 0 Å². The van der Waals surface area contributed by atoms with Crippen LogP contribution < -0.4 is 0 Å². The second-order valence-electron chi connectivity index (χ2n) is 20.4. The van der Waals surface area contributed by atoms with Crippen LogP contribution in [0.3, 0.4) is 0 Å². The third-order valence-corrected chi connectivity index (χ3v) is 17.1. The summed E-state index contributed by atoms with van der Waals surface area (Å²) in [5.74, 6) is -2.41. The van der Waals surface area contributed by atoms with Gasteiger partial charge in [0.2, 0.25) is 0 Å². The summed E-state index contributed by atoms with van der Waals surface area (Å²) in [4.78, 5) is 27.0. The van der Waals surface area contributed by atoms with Gasteiger partial charge in [0, 0.05) is 46.5 Å². The molecule has 1 aromatic carbocycles. The molecular formula is C49H72O17. The number of ketones is 1. The average Bonchev–Trinajstić information content (AvgIpc) is 3.52. The van der Waals surface area contributed by atoms with Crippen molar-refractivity contribution in [2.75, 3.05) is 21.3 Å². The van der Waals surface area contributed by atoms with Crippen LogP contribution in [-0.2, 0) is 52.2 Å². The lowest BCUT2D eigenvalue weighted by molar-refractivity contribution is -0.342. The summed E-state index contributed by atoms with van der Waals surface area (Å²) < 4.78 is 62.1. The van der Waals surface area contributed by atoms with Gasteiger partial charge in [-0.15, -0.1) is 0 Å². The summed E-state index contributed by atoms with van der Waals surface area (Å²) in [6, 6.07) is 8.31. The Morgan fingerprint density at radius 1 is 0.712 bits per heavy atom. The first-order valence-electron chi connectivity index (χ1n) is 23.7. The summed E-state index contributed by atoms with van der Waals surface area (Å²) >= 11 is 0. The normalized spacial score (nSPS) is 49.2. The lowest BCUT2D eigenvalue weighted by Crippen LogP contribution is -2.82. The van der Waals surface area contributed by atoms with Crippen LogP contribution in [0.4, 0.5) is 0 Å². The van der Waals surface area contributed by atoms with Crippen molar-refractivity contribution in [2.24, 2.45) is 16.7 Å². The van der Waals surface area contributed by atoms with E-state index < -0.39 is 125 Å². The number of Topliss-reactive ketones (excluding diaryl/α,β-unsaturated/α-hetero) is 1.